The molecule has 1 aromatic heterocycles. The molecule has 1 aromatic carbocycles. The van der Waals surface area contributed by atoms with Gasteiger partial charge in [0.15, 0.2) is 11.3 Å². The molecule has 0 aliphatic rings. The minimum Gasteiger partial charge on any atom is -0.446 e. The van der Waals surface area contributed by atoms with Gasteiger partial charge in [0, 0.05) is 11.5 Å². The zero-order valence-electron chi connectivity index (χ0n) is 9.50. The molecule has 4 nitrogen and oxygen atoms in total. The van der Waals surface area contributed by atoms with E-state index in [-0.39, 0.29) is 19.0 Å². The largest absolute Gasteiger partial charge is 0.446 e. The standard InChI is InChI=1S/C13H11ClN2O2/c14-11-5-1-3-9-7-10(18-13(9)11)4-2-6-16-12(17)8-15/h1,3,5,7H,6,8,15H2,(H,16,17). The Morgan fingerprint density at radius 1 is 1.50 bits per heavy atom. The van der Waals surface area contributed by atoms with E-state index < -0.39 is 0 Å². The van der Waals surface area contributed by atoms with Gasteiger partial charge in [0.25, 0.3) is 0 Å². The molecule has 0 saturated heterocycles. The van der Waals surface area contributed by atoms with E-state index in [2.05, 4.69) is 17.2 Å². The van der Waals surface area contributed by atoms with E-state index in [1.54, 1.807) is 12.1 Å². The molecular formula is C13H11ClN2O2. The number of rotatable bonds is 2. The van der Waals surface area contributed by atoms with Crippen molar-refractivity contribution in [1.29, 1.82) is 0 Å². The van der Waals surface area contributed by atoms with Crippen LogP contribution in [0.25, 0.3) is 11.0 Å². The number of furan rings is 1. The number of fused-ring (bicyclic) bond motifs is 1. The third-order valence-corrected chi connectivity index (χ3v) is 2.56. The third kappa shape index (κ3) is 2.83. The second-order valence-electron chi connectivity index (χ2n) is 3.55. The number of halogens is 1. The molecule has 1 heterocycles. The van der Waals surface area contributed by atoms with Gasteiger partial charge in [-0.25, -0.2) is 0 Å². The van der Waals surface area contributed by atoms with Gasteiger partial charge in [-0.15, -0.1) is 0 Å². The van der Waals surface area contributed by atoms with Gasteiger partial charge in [-0.05, 0) is 12.0 Å². The fourth-order valence-electron chi connectivity index (χ4n) is 1.44. The van der Waals surface area contributed by atoms with Crippen LogP contribution >= 0.6 is 11.6 Å². The summed E-state index contributed by atoms with van der Waals surface area (Å²) in [6, 6.07) is 7.30. The van der Waals surface area contributed by atoms with Crippen molar-refractivity contribution in [3.8, 4) is 11.8 Å². The number of nitrogens with two attached hydrogens (primary N) is 1. The number of hydrogen-bond acceptors (Lipinski definition) is 3. The first-order chi connectivity index (χ1) is 8.70. The molecule has 1 amide bonds. The highest BCUT2D eigenvalue weighted by atomic mass is 35.5. The molecule has 2 aromatic rings. The first-order valence-corrected chi connectivity index (χ1v) is 5.72. The van der Waals surface area contributed by atoms with E-state index in [9.17, 15) is 4.79 Å². The lowest BCUT2D eigenvalue weighted by Crippen LogP contribution is -2.30. The summed E-state index contributed by atoms with van der Waals surface area (Å²) < 4.78 is 5.49. The minimum atomic E-state index is -0.239. The lowest BCUT2D eigenvalue weighted by atomic mass is 10.2. The molecule has 0 aliphatic carbocycles. The summed E-state index contributed by atoms with van der Waals surface area (Å²) >= 11 is 5.98. The van der Waals surface area contributed by atoms with E-state index in [1.807, 2.05) is 12.1 Å². The predicted molar refractivity (Wildman–Crippen MR) is 70.2 cm³/mol. The Bertz CT molecular complexity index is 637. The highest BCUT2D eigenvalue weighted by Gasteiger charge is 2.04. The van der Waals surface area contributed by atoms with Gasteiger partial charge in [-0.2, -0.15) is 0 Å². The second-order valence-corrected chi connectivity index (χ2v) is 3.96. The maximum atomic E-state index is 10.9. The highest BCUT2D eigenvalue weighted by molar-refractivity contribution is 6.34. The Hall–Kier alpha value is -1.96. The predicted octanol–water partition coefficient (Wildman–Crippen LogP) is 1.51. The number of amides is 1. The van der Waals surface area contributed by atoms with Gasteiger partial charge in [0.1, 0.15) is 0 Å². The van der Waals surface area contributed by atoms with Crippen LogP contribution in [0.2, 0.25) is 5.02 Å². The Morgan fingerprint density at radius 2 is 2.33 bits per heavy atom. The number of benzene rings is 1. The number of carbonyl (C=O) groups is 1. The van der Waals surface area contributed by atoms with Gasteiger partial charge in [0.2, 0.25) is 5.91 Å². The molecule has 3 N–H and O–H groups in total. The maximum absolute atomic E-state index is 10.9. The zero-order chi connectivity index (χ0) is 13.0. The van der Waals surface area contributed by atoms with E-state index >= 15 is 0 Å². The Kier molecular flexibility index (Phi) is 3.88. The molecule has 0 saturated carbocycles. The molecule has 0 radical (unpaired) electrons. The van der Waals surface area contributed by atoms with Gasteiger partial charge >= 0.3 is 0 Å². The van der Waals surface area contributed by atoms with E-state index in [4.69, 9.17) is 21.8 Å². The van der Waals surface area contributed by atoms with Gasteiger partial charge < -0.3 is 15.5 Å². The Balaban J connectivity index is 2.11. The molecule has 18 heavy (non-hydrogen) atoms. The number of para-hydroxylation sites is 1. The van der Waals surface area contributed by atoms with E-state index in [0.717, 1.165) is 5.39 Å². The first kappa shape index (κ1) is 12.5. The van der Waals surface area contributed by atoms with Gasteiger partial charge in [0.05, 0.1) is 18.1 Å². The third-order valence-electron chi connectivity index (χ3n) is 2.27. The Morgan fingerprint density at radius 3 is 3.06 bits per heavy atom. The maximum Gasteiger partial charge on any atom is 0.234 e. The topological polar surface area (TPSA) is 68.3 Å². The van der Waals surface area contributed by atoms with Crippen molar-refractivity contribution in [2.24, 2.45) is 5.73 Å². The van der Waals surface area contributed by atoms with Crippen LogP contribution in [0.1, 0.15) is 5.76 Å². The van der Waals surface area contributed by atoms with E-state index in [1.165, 1.54) is 0 Å². The molecule has 0 bridgehead atoms. The molecule has 2 rings (SSSR count). The van der Waals surface area contributed by atoms with Gasteiger partial charge in [-0.3, -0.25) is 4.79 Å². The fourth-order valence-corrected chi connectivity index (χ4v) is 1.66. The van der Waals surface area contributed by atoms with Crippen molar-refractivity contribution in [3.63, 3.8) is 0 Å². The first-order valence-electron chi connectivity index (χ1n) is 5.34. The normalized spacial score (nSPS) is 9.89. The average molecular weight is 263 g/mol. The molecule has 5 heteroatoms. The molecular weight excluding hydrogens is 252 g/mol. The molecule has 92 valence electrons. The minimum absolute atomic E-state index is 0.0398. The lowest BCUT2D eigenvalue weighted by molar-refractivity contribution is -0.119. The summed E-state index contributed by atoms with van der Waals surface area (Å²) in [7, 11) is 0. The molecule has 0 aliphatic heterocycles. The summed E-state index contributed by atoms with van der Waals surface area (Å²) in [4.78, 5) is 10.9. The monoisotopic (exact) mass is 262 g/mol. The molecule has 0 unspecified atom stereocenters. The van der Waals surface area contributed by atoms with Crippen molar-refractivity contribution >= 4 is 28.5 Å². The Labute approximate surface area is 109 Å². The molecule has 0 spiro atoms. The zero-order valence-corrected chi connectivity index (χ0v) is 10.3. The summed E-state index contributed by atoms with van der Waals surface area (Å²) in [5, 5.41) is 4.00. The lowest BCUT2D eigenvalue weighted by Gasteiger charge is -1.94. The summed E-state index contributed by atoms with van der Waals surface area (Å²) in [6.45, 7) is 0.197. The van der Waals surface area contributed by atoms with Crippen LogP contribution in [-0.4, -0.2) is 19.0 Å². The van der Waals surface area contributed by atoms with Crippen LogP contribution in [0.15, 0.2) is 28.7 Å². The average Bonchev–Trinajstić information content (AvgIpc) is 2.79. The quantitative estimate of drug-likeness (QED) is 0.806. The van der Waals surface area contributed by atoms with Crippen LogP contribution < -0.4 is 11.1 Å². The number of carbonyl (C=O) groups excluding carboxylic acids is 1. The number of nitrogens with one attached hydrogen (secondary N) is 1. The fraction of sp³-hybridized carbons (Fsp3) is 0.154. The van der Waals surface area contributed by atoms with Crippen molar-refractivity contribution in [2.45, 2.75) is 0 Å². The summed E-state index contributed by atoms with van der Waals surface area (Å²) in [5.74, 6) is 5.86. The summed E-state index contributed by atoms with van der Waals surface area (Å²) in [5.41, 5.74) is 5.76. The van der Waals surface area contributed by atoms with Crippen LogP contribution in [0.4, 0.5) is 0 Å². The molecule has 0 atom stereocenters. The summed E-state index contributed by atoms with van der Waals surface area (Å²) in [6.07, 6.45) is 0. The second kappa shape index (κ2) is 5.58. The highest BCUT2D eigenvalue weighted by Crippen LogP contribution is 2.25. The van der Waals surface area contributed by atoms with Crippen LogP contribution in [0.3, 0.4) is 0 Å². The van der Waals surface area contributed by atoms with Crippen molar-refractivity contribution < 1.29 is 9.21 Å². The van der Waals surface area contributed by atoms with Crippen molar-refractivity contribution in [1.82, 2.24) is 5.32 Å². The van der Waals surface area contributed by atoms with Crippen LogP contribution in [-0.2, 0) is 4.79 Å². The van der Waals surface area contributed by atoms with E-state index in [0.29, 0.717) is 16.4 Å². The SMILES string of the molecule is NCC(=O)NCC#Cc1cc2cccc(Cl)c2o1. The number of hydrogen-bond donors (Lipinski definition) is 2. The van der Waals surface area contributed by atoms with Crippen molar-refractivity contribution in [3.05, 3.63) is 35.0 Å². The van der Waals surface area contributed by atoms with Crippen molar-refractivity contribution in [2.75, 3.05) is 13.1 Å². The van der Waals surface area contributed by atoms with Crippen LogP contribution in [0, 0.1) is 11.8 Å². The van der Waals surface area contributed by atoms with Gasteiger partial charge in [-0.1, -0.05) is 29.7 Å². The van der Waals surface area contributed by atoms with Crippen LogP contribution in [0.5, 0.6) is 0 Å². The smallest absolute Gasteiger partial charge is 0.234 e. The molecule has 0 fully saturated rings.